The predicted octanol–water partition coefficient (Wildman–Crippen LogP) is 1.98. The Bertz CT molecular complexity index is 828. The molecule has 0 bridgehead atoms. The van der Waals surface area contributed by atoms with Crippen LogP contribution >= 0.6 is 0 Å². The number of rotatable bonds is 2. The molecule has 1 atom stereocenters. The highest BCUT2D eigenvalue weighted by Gasteiger charge is 2.38. The second-order valence-corrected chi connectivity index (χ2v) is 7.22. The maximum atomic E-state index is 12.3. The lowest BCUT2D eigenvalue weighted by molar-refractivity contribution is 0.209. The van der Waals surface area contributed by atoms with Crippen LogP contribution in [0, 0.1) is 6.92 Å². The summed E-state index contributed by atoms with van der Waals surface area (Å²) in [6.07, 6.45) is 1.42. The first-order chi connectivity index (χ1) is 10.4. The molecule has 7 nitrogen and oxygen atoms in total. The van der Waals surface area contributed by atoms with E-state index in [9.17, 15) is 13.2 Å². The van der Waals surface area contributed by atoms with Crippen molar-refractivity contribution in [2.75, 3.05) is 18.1 Å². The first-order valence-electron chi connectivity index (χ1n) is 6.66. The van der Waals surface area contributed by atoms with Gasteiger partial charge in [0.2, 0.25) is 0 Å². The summed E-state index contributed by atoms with van der Waals surface area (Å²) < 4.78 is 29.1. The lowest BCUT2D eigenvalue weighted by Crippen LogP contribution is -2.35. The van der Waals surface area contributed by atoms with Gasteiger partial charge in [-0.25, -0.2) is 13.2 Å². The van der Waals surface area contributed by atoms with Crippen molar-refractivity contribution >= 4 is 21.7 Å². The molecule has 1 unspecified atom stereocenters. The van der Waals surface area contributed by atoms with Gasteiger partial charge in [0.05, 0.1) is 16.7 Å². The van der Waals surface area contributed by atoms with E-state index in [0.29, 0.717) is 16.9 Å². The van der Waals surface area contributed by atoms with E-state index >= 15 is 0 Å². The largest absolute Gasteiger partial charge is 0.362 e. The highest BCUT2D eigenvalue weighted by molar-refractivity contribution is 7.91. The van der Waals surface area contributed by atoms with Crippen molar-refractivity contribution in [2.24, 2.45) is 0 Å². The molecule has 1 aliphatic heterocycles. The lowest BCUT2D eigenvalue weighted by atomic mass is 10.1. The van der Waals surface area contributed by atoms with Crippen molar-refractivity contribution < 1.29 is 17.7 Å². The number of sulfone groups is 1. The van der Waals surface area contributed by atoms with Gasteiger partial charge < -0.3 is 9.42 Å². The maximum absolute atomic E-state index is 12.3. The zero-order valence-corrected chi connectivity index (χ0v) is 12.9. The number of carbonyl (C=O) groups is 1. The van der Waals surface area contributed by atoms with E-state index in [1.54, 1.807) is 38.2 Å². The molecule has 0 fully saturated rings. The molecule has 1 aromatic carbocycles. The Balaban J connectivity index is 1.86. The summed E-state index contributed by atoms with van der Waals surface area (Å²) in [6.45, 7) is 1.75. The minimum Gasteiger partial charge on any atom is -0.362 e. The summed E-state index contributed by atoms with van der Waals surface area (Å²) in [7, 11) is -1.80. The maximum Gasteiger partial charge on any atom is 0.323 e. The highest BCUT2D eigenvalue weighted by Crippen LogP contribution is 2.36. The third-order valence-corrected chi connectivity index (χ3v) is 5.55. The SMILES string of the molecule is Cc1conc1NC(=O)N(C)C1CS(=O)(=O)c2ccccc21. The number of carbonyl (C=O) groups excluding carboxylic acids is 1. The highest BCUT2D eigenvalue weighted by atomic mass is 32.2. The van der Waals surface area contributed by atoms with Crippen LogP contribution in [0.2, 0.25) is 0 Å². The number of nitrogens with zero attached hydrogens (tertiary/aromatic N) is 2. The van der Waals surface area contributed by atoms with Gasteiger partial charge in [0.15, 0.2) is 15.7 Å². The van der Waals surface area contributed by atoms with Gasteiger partial charge in [-0.15, -0.1) is 0 Å². The molecule has 0 saturated carbocycles. The Morgan fingerprint density at radius 2 is 2.14 bits per heavy atom. The van der Waals surface area contributed by atoms with Crippen LogP contribution < -0.4 is 5.32 Å². The van der Waals surface area contributed by atoms with Crippen molar-refractivity contribution in [2.45, 2.75) is 17.9 Å². The van der Waals surface area contributed by atoms with Crippen LogP contribution in [0.15, 0.2) is 39.9 Å². The fourth-order valence-electron chi connectivity index (χ4n) is 2.49. The number of urea groups is 1. The van der Waals surface area contributed by atoms with Crippen LogP contribution in [0.3, 0.4) is 0 Å². The van der Waals surface area contributed by atoms with Crippen LogP contribution in [0.25, 0.3) is 0 Å². The van der Waals surface area contributed by atoms with Gasteiger partial charge in [-0.3, -0.25) is 5.32 Å². The second kappa shape index (κ2) is 5.13. The molecule has 22 heavy (non-hydrogen) atoms. The standard InChI is InChI=1S/C14H15N3O4S/c1-9-7-21-16-13(9)15-14(18)17(2)11-8-22(19,20)12-6-4-3-5-10(11)12/h3-7,11H,8H2,1-2H3,(H,15,16,18). The van der Waals surface area contributed by atoms with Crippen molar-refractivity contribution in [3.05, 3.63) is 41.7 Å². The van der Waals surface area contributed by atoms with E-state index in [1.165, 1.54) is 11.2 Å². The molecule has 2 heterocycles. The number of aromatic nitrogens is 1. The van der Waals surface area contributed by atoms with Crippen LogP contribution in [0.4, 0.5) is 10.6 Å². The third kappa shape index (κ3) is 2.35. The Hall–Kier alpha value is -2.35. The van der Waals surface area contributed by atoms with Gasteiger partial charge in [-0.05, 0) is 18.6 Å². The number of hydrogen-bond donors (Lipinski definition) is 1. The quantitative estimate of drug-likeness (QED) is 0.913. The zero-order valence-electron chi connectivity index (χ0n) is 12.1. The van der Waals surface area contributed by atoms with E-state index in [1.807, 2.05) is 0 Å². The van der Waals surface area contributed by atoms with E-state index < -0.39 is 21.9 Å². The second-order valence-electron chi connectivity index (χ2n) is 5.22. The monoisotopic (exact) mass is 321 g/mol. The van der Waals surface area contributed by atoms with Crippen LogP contribution in [-0.4, -0.2) is 37.3 Å². The van der Waals surface area contributed by atoms with Crippen LogP contribution in [0.5, 0.6) is 0 Å². The molecule has 1 aliphatic rings. The third-order valence-electron chi connectivity index (χ3n) is 3.75. The van der Waals surface area contributed by atoms with E-state index in [-0.39, 0.29) is 10.6 Å². The van der Waals surface area contributed by atoms with Crippen LogP contribution in [0.1, 0.15) is 17.2 Å². The Morgan fingerprint density at radius 1 is 1.41 bits per heavy atom. The molecule has 1 N–H and O–H groups in total. The summed E-state index contributed by atoms with van der Waals surface area (Å²) in [5.74, 6) is 0.208. The molecular weight excluding hydrogens is 306 g/mol. The van der Waals surface area contributed by atoms with Gasteiger partial charge >= 0.3 is 6.03 Å². The fraction of sp³-hybridized carbons (Fsp3) is 0.286. The molecule has 2 aromatic rings. The number of aryl methyl sites for hydroxylation is 1. The molecule has 116 valence electrons. The average Bonchev–Trinajstić information content (AvgIpc) is 3.00. The van der Waals surface area contributed by atoms with Gasteiger partial charge in [-0.2, -0.15) is 0 Å². The lowest BCUT2D eigenvalue weighted by Gasteiger charge is -2.24. The first-order valence-corrected chi connectivity index (χ1v) is 8.32. The smallest absolute Gasteiger partial charge is 0.323 e. The first kappa shape index (κ1) is 14.6. The molecule has 8 heteroatoms. The summed E-state index contributed by atoms with van der Waals surface area (Å²) in [6, 6.07) is 5.79. The molecule has 1 aromatic heterocycles. The van der Waals surface area contributed by atoms with E-state index in [4.69, 9.17) is 4.52 Å². The Labute approximate surface area is 127 Å². The van der Waals surface area contributed by atoms with Crippen molar-refractivity contribution in [3.63, 3.8) is 0 Å². The van der Waals surface area contributed by atoms with Gasteiger partial charge in [0, 0.05) is 12.6 Å². The summed E-state index contributed by atoms with van der Waals surface area (Å²) >= 11 is 0. The van der Waals surface area contributed by atoms with Crippen molar-refractivity contribution in [1.29, 1.82) is 0 Å². The van der Waals surface area contributed by atoms with Gasteiger partial charge in [0.25, 0.3) is 0 Å². The molecule has 0 spiro atoms. The topological polar surface area (TPSA) is 92.5 Å². The summed E-state index contributed by atoms with van der Waals surface area (Å²) in [4.78, 5) is 14.0. The molecule has 0 saturated heterocycles. The van der Waals surface area contributed by atoms with Gasteiger partial charge in [0.1, 0.15) is 6.26 Å². The number of amides is 2. The van der Waals surface area contributed by atoms with E-state index in [2.05, 4.69) is 10.5 Å². The number of fused-ring (bicyclic) bond motifs is 1. The van der Waals surface area contributed by atoms with Crippen molar-refractivity contribution in [1.82, 2.24) is 10.1 Å². The van der Waals surface area contributed by atoms with E-state index in [0.717, 1.165) is 0 Å². The molecule has 3 rings (SSSR count). The number of nitrogens with one attached hydrogen (secondary N) is 1. The molecular formula is C14H15N3O4S. The number of hydrogen-bond acceptors (Lipinski definition) is 5. The van der Waals surface area contributed by atoms with Gasteiger partial charge in [-0.1, -0.05) is 23.4 Å². The molecule has 0 radical (unpaired) electrons. The number of benzene rings is 1. The average molecular weight is 321 g/mol. The number of anilines is 1. The van der Waals surface area contributed by atoms with Crippen molar-refractivity contribution in [3.8, 4) is 0 Å². The Kier molecular flexibility index (Phi) is 3.40. The minimum atomic E-state index is -3.36. The predicted molar refractivity (Wildman–Crippen MR) is 79.3 cm³/mol. The normalized spacial score (nSPS) is 18.7. The molecule has 2 amide bonds. The summed E-state index contributed by atoms with van der Waals surface area (Å²) in [5, 5.41) is 6.30. The Morgan fingerprint density at radius 3 is 2.82 bits per heavy atom. The summed E-state index contributed by atoms with van der Waals surface area (Å²) in [5.41, 5.74) is 1.33. The zero-order chi connectivity index (χ0) is 15.9. The minimum absolute atomic E-state index is 0.117. The van der Waals surface area contributed by atoms with Crippen LogP contribution in [-0.2, 0) is 9.84 Å². The molecule has 0 aliphatic carbocycles. The fourth-order valence-corrected chi connectivity index (χ4v) is 4.33.